The first kappa shape index (κ1) is 16.4. The van der Waals surface area contributed by atoms with E-state index < -0.39 is 25.2 Å². The van der Waals surface area contributed by atoms with E-state index in [-0.39, 0.29) is 57.8 Å². The molecule has 0 saturated heterocycles. The third-order valence-corrected chi connectivity index (χ3v) is 1.72. The van der Waals surface area contributed by atoms with Gasteiger partial charge >= 0.3 is 64.3 Å². The monoisotopic (exact) mass is 222 g/mol. The smallest absolute Gasteiger partial charge is 0.469 e. The van der Waals surface area contributed by atoms with Gasteiger partial charge in [0.25, 0.3) is 0 Å². The second-order valence-corrected chi connectivity index (χ2v) is 2.57. The van der Waals surface area contributed by atoms with E-state index in [0.29, 0.717) is 0 Å². The van der Waals surface area contributed by atoms with Crippen LogP contribution >= 0.6 is 0 Å². The molecule has 0 aromatic carbocycles. The summed E-state index contributed by atoms with van der Waals surface area (Å²) in [6, 6.07) is 0. The molecule has 7 heteroatoms. The largest absolute Gasteiger partial charge is 1.00 e. The van der Waals surface area contributed by atoms with Crippen molar-refractivity contribution in [1.82, 2.24) is 0 Å². The Morgan fingerprint density at radius 3 is 2.15 bits per heavy atom. The number of esters is 1. The molecule has 0 aromatic rings. The average Bonchev–Trinajstić information content (AvgIpc) is 1.97. The van der Waals surface area contributed by atoms with Gasteiger partial charge in [-0.1, -0.05) is 19.2 Å². The van der Waals surface area contributed by atoms with E-state index in [9.17, 15) is 17.7 Å². The Balaban J connectivity index is 0. The maximum atomic E-state index is 12.1. The van der Waals surface area contributed by atoms with Gasteiger partial charge < -0.3 is 17.7 Å². The second kappa shape index (κ2) is 7.28. The van der Waals surface area contributed by atoms with Crippen molar-refractivity contribution in [2.45, 2.75) is 25.6 Å². The van der Waals surface area contributed by atoms with Gasteiger partial charge in [0.15, 0.2) is 0 Å². The fourth-order valence-electron chi connectivity index (χ4n) is 0.843. The van der Waals surface area contributed by atoms with Crippen LogP contribution in [0.1, 0.15) is 19.8 Å². The summed E-state index contributed by atoms with van der Waals surface area (Å²) < 4.78 is 40.4. The van der Waals surface area contributed by atoms with Crippen LogP contribution in [0.15, 0.2) is 0 Å². The minimum atomic E-state index is -4.92. The maximum Gasteiger partial charge on any atom is 1.00 e. The molecule has 0 radical (unpaired) electrons. The molecule has 0 N–H and O–H groups in total. The first-order chi connectivity index (χ1) is 5.41. The van der Waals surface area contributed by atoms with Crippen molar-refractivity contribution in [3.63, 3.8) is 0 Å². The zero-order valence-electron chi connectivity index (χ0n) is 8.02. The summed E-state index contributed by atoms with van der Waals surface area (Å²) in [7, 11) is 1.08. The van der Waals surface area contributed by atoms with Crippen molar-refractivity contribution in [1.29, 1.82) is 0 Å². The third kappa shape index (κ3) is 6.96. The summed E-state index contributed by atoms with van der Waals surface area (Å²) in [6.45, 7) is -3.51. The van der Waals surface area contributed by atoms with Crippen molar-refractivity contribution in [3.05, 3.63) is 0 Å². The number of carbonyl (C=O) groups is 1. The van der Waals surface area contributed by atoms with Crippen LogP contribution in [-0.4, -0.2) is 20.1 Å². The third-order valence-electron chi connectivity index (χ3n) is 1.72. The average molecular weight is 222 g/mol. The normalized spacial score (nSPS) is 13.0. The molecule has 72 valence electrons. The molecule has 0 rings (SSSR count). The van der Waals surface area contributed by atoms with Gasteiger partial charge in [0, 0.05) is 6.42 Å². The summed E-state index contributed by atoms with van der Waals surface area (Å²) in [5.41, 5.74) is 0. The molecule has 13 heavy (non-hydrogen) atoms. The van der Waals surface area contributed by atoms with Gasteiger partial charge in [-0.25, -0.2) is 0 Å². The number of hydrogen-bond acceptors (Lipinski definition) is 2. The zero-order chi connectivity index (χ0) is 9.78. The maximum absolute atomic E-state index is 12.1. The van der Waals surface area contributed by atoms with Crippen LogP contribution in [0, 0.1) is 0 Å². The Morgan fingerprint density at radius 1 is 1.46 bits per heavy atom. The van der Waals surface area contributed by atoms with Crippen molar-refractivity contribution in [2.24, 2.45) is 0 Å². The Bertz CT molecular complexity index is 162. The van der Waals surface area contributed by atoms with Crippen LogP contribution in [0.25, 0.3) is 0 Å². The van der Waals surface area contributed by atoms with E-state index in [2.05, 4.69) is 4.74 Å². The van der Waals surface area contributed by atoms with Gasteiger partial charge in [0.2, 0.25) is 0 Å². The Morgan fingerprint density at radius 2 is 1.92 bits per heavy atom. The molecule has 0 heterocycles. The van der Waals surface area contributed by atoms with E-state index in [1.165, 1.54) is 6.92 Å². The van der Waals surface area contributed by atoms with Crippen LogP contribution in [0.4, 0.5) is 12.9 Å². The number of rotatable bonds is 4. The molecule has 0 aliphatic rings. The Kier molecular flexibility index (Phi) is 9.18. The summed E-state index contributed by atoms with van der Waals surface area (Å²) in [5.74, 6) is -2.32. The standard InChI is InChI=1S/C6H11BF3O2.K/c1-3-5(7(8,9)10)4-6(11)12-2;/h5H,3-4H2,1-2H3;/q-1;+1/t5-;/m0./s1. The van der Waals surface area contributed by atoms with E-state index in [0.717, 1.165) is 7.11 Å². The van der Waals surface area contributed by atoms with Gasteiger partial charge in [-0.3, -0.25) is 4.79 Å². The van der Waals surface area contributed by atoms with Gasteiger partial charge in [0.05, 0.1) is 7.11 Å². The fraction of sp³-hybridized carbons (Fsp3) is 0.833. The van der Waals surface area contributed by atoms with Crippen molar-refractivity contribution >= 4 is 12.9 Å². The molecular formula is C6H11BF3KO2. The van der Waals surface area contributed by atoms with Crippen molar-refractivity contribution in [3.8, 4) is 0 Å². The minimum Gasteiger partial charge on any atom is -0.469 e. The van der Waals surface area contributed by atoms with Crippen LogP contribution in [0.3, 0.4) is 0 Å². The number of ether oxygens (including phenoxy) is 1. The number of halogens is 3. The van der Waals surface area contributed by atoms with Gasteiger partial charge in [-0.15, -0.1) is 0 Å². The molecule has 0 unspecified atom stereocenters. The molecular weight excluding hydrogens is 211 g/mol. The van der Waals surface area contributed by atoms with Crippen LogP contribution in [0.2, 0.25) is 5.82 Å². The van der Waals surface area contributed by atoms with E-state index in [1.807, 2.05) is 0 Å². The molecule has 1 atom stereocenters. The zero-order valence-corrected chi connectivity index (χ0v) is 11.1. The molecule has 0 aromatic heterocycles. The number of hydrogen-bond donors (Lipinski definition) is 0. The predicted molar refractivity (Wildman–Crippen MR) is 39.8 cm³/mol. The van der Waals surface area contributed by atoms with Gasteiger partial charge in [-0.2, -0.15) is 0 Å². The summed E-state index contributed by atoms with van der Waals surface area (Å²) in [4.78, 5) is 10.5. The van der Waals surface area contributed by atoms with E-state index >= 15 is 0 Å². The second-order valence-electron chi connectivity index (χ2n) is 2.57. The quantitative estimate of drug-likeness (QED) is 0.459. The minimum absolute atomic E-state index is 0. The molecule has 0 aliphatic heterocycles. The molecule has 0 saturated carbocycles. The van der Waals surface area contributed by atoms with Crippen LogP contribution in [0.5, 0.6) is 0 Å². The summed E-state index contributed by atoms with van der Waals surface area (Å²) in [5, 5.41) is 0. The summed E-state index contributed by atoms with van der Waals surface area (Å²) >= 11 is 0. The molecule has 0 aliphatic carbocycles. The predicted octanol–water partition coefficient (Wildman–Crippen LogP) is -0.819. The molecule has 2 nitrogen and oxygen atoms in total. The fourth-order valence-corrected chi connectivity index (χ4v) is 0.843. The summed E-state index contributed by atoms with van der Waals surface area (Å²) in [6.07, 6.45) is -0.630. The van der Waals surface area contributed by atoms with E-state index in [1.54, 1.807) is 0 Å². The first-order valence-corrected chi connectivity index (χ1v) is 3.68. The first-order valence-electron chi connectivity index (χ1n) is 3.68. The molecule has 0 fully saturated rings. The van der Waals surface area contributed by atoms with E-state index in [4.69, 9.17) is 0 Å². The van der Waals surface area contributed by atoms with Crippen molar-refractivity contribution in [2.75, 3.05) is 7.11 Å². The van der Waals surface area contributed by atoms with Gasteiger partial charge in [-0.05, 0) is 0 Å². The topological polar surface area (TPSA) is 26.3 Å². The van der Waals surface area contributed by atoms with Crippen molar-refractivity contribution < 1.29 is 73.9 Å². The SMILES string of the molecule is CC[C@@H](CC(=O)OC)[B-](F)(F)F.[K+]. The van der Waals surface area contributed by atoms with Crippen LogP contribution in [-0.2, 0) is 9.53 Å². The number of methoxy groups -OCH3 is 1. The van der Waals surface area contributed by atoms with Gasteiger partial charge in [0.1, 0.15) is 0 Å². The van der Waals surface area contributed by atoms with Crippen LogP contribution < -0.4 is 51.4 Å². The molecule has 0 amide bonds. The molecule has 0 spiro atoms. The molecule has 0 bridgehead atoms. The Labute approximate surface area is 118 Å². The Hall–Kier alpha value is 0.961. The number of carbonyl (C=O) groups excluding carboxylic acids is 1.